The number of nitrogens with zero attached hydrogens (tertiary/aromatic N) is 3. The van der Waals surface area contributed by atoms with Crippen molar-refractivity contribution < 1.29 is 13.9 Å². The van der Waals surface area contributed by atoms with Crippen molar-refractivity contribution in [3.8, 4) is 11.5 Å². The predicted molar refractivity (Wildman–Crippen MR) is 110 cm³/mol. The summed E-state index contributed by atoms with van der Waals surface area (Å²) in [5, 5.41) is 3.13. The molecule has 7 nitrogen and oxygen atoms in total. The van der Waals surface area contributed by atoms with Gasteiger partial charge in [0.05, 0.1) is 0 Å². The molecule has 0 unspecified atom stereocenters. The molecule has 4 rings (SSSR count). The van der Waals surface area contributed by atoms with E-state index < -0.39 is 0 Å². The summed E-state index contributed by atoms with van der Waals surface area (Å²) in [6, 6.07) is 16.9. The molecule has 0 radical (unpaired) electrons. The Bertz CT molecular complexity index is 1130. The van der Waals surface area contributed by atoms with Gasteiger partial charge in [-0.15, -0.1) is 0 Å². The lowest BCUT2D eigenvalue weighted by molar-refractivity contribution is -0.107. The molecule has 0 saturated heterocycles. The van der Waals surface area contributed by atoms with Gasteiger partial charge in [-0.1, -0.05) is 15.9 Å². The Morgan fingerprint density at radius 2 is 1.89 bits per heavy atom. The van der Waals surface area contributed by atoms with Crippen molar-refractivity contribution in [3.63, 3.8) is 0 Å². The minimum atomic E-state index is 0.397. The van der Waals surface area contributed by atoms with Crippen LogP contribution in [0, 0.1) is 0 Å². The van der Waals surface area contributed by atoms with Crippen LogP contribution in [0.4, 0.5) is 17.5 Å². The van der Waals surface area contributed by atoms with Crippen molar-refractivity contribution in [1.29, 1.82) is 0 Å². The van der Waals surface area contributed by atoms with Crippen LogP contribution in [0.25, 0.3) is 11.1 Å². The number of benzene rings is 2. The molecule has 2 aromatic carbocycles. The van der Waals surface area contributed by atoms with Crippen LogP contribution in [0.5, 0.6) is 11.5 Å². The molecule has 0 bridgehead atoms. The first-order valence-electron chi connectivity index (χ1n) is 8.36. The average Bonchev–Trinajstić information content (AvgIpc) is 3.11. The number of carbonyl (C=O) groups excluding carboxylic acids is 1. The van der Waals surface area contributed by atoms with Crippen LogP contribution in [-0.2, 0) is 4.79 Å². The van der Waals surface area contributed by atoms with Gasteiger partial charge in [0, 0.05) is 35.5 Å². The molecule has 2 aromatic heterocycles. The molecule has 2 heterocycles. The number of hydrogen-bond donors (Lipinski definition) is 1. The number of fused-ring (bicyclic) bond motifs is 1. The Labute approximate surface area is 169 Å². The molecule has 8 heteroatoms. The van der Waals surface area contributed by atoms with Gasteiger partial charge in [-0.2, -0.15) is 4.98 Å². The minimum Gasteiger partial charge on any atom is -0.457 e. The molecule has 4 aromatic rings. The van der Waals surface area contributed by atoms with Crippen LogP contribution in [0.1, 0.15) is 0 Å². The van der Waals surface area contributed by atoms with E-state index in [2.05, 4.69) is 31.2 Å². The lowest BCUT2D eigenvalue weighted by atomic mass is 10.3. The third-order valence-corrected chi connectivity index (χ3v) is 4.46. The van der Waals surface area contributed by atoms with Crippen LogP contribution in [-0.4, -0.2) is 23.4 Å². The van der Waals surface area contributed by atoms with Crippen molar-refractivity contribution in [1.82, 2.24) is 9.97 Å². The van der Waals surface area contributed by atoms with Crippen LogP contribution in [0.2, 0.25) is 0 Å². The number of pyridine rings is 1. The number of aromatic nitrogens is 2. The lowest BCUT2D eigenvalue weighted by Gasteiger charge is -2.11. The van der Waals surface area contributed by atoms with Gasteiger partial charge in [0.25, 0.3) is 6.01 Å². The molecule has 1 amide bonds. The van der Waals surface area contributed by atoms with E-state index in [1.165, 1.54) is 4.90 Å². The number of hydrogen-bond acceptors (Lipinski definition) is 6. The number of oxazole rings is 1. The molecule has 0 atom stereocenters. The molecule has 0 fully saturated rings. The highest BCUT2D eigenvalue weighted by atomic mass is 79.9. The Balaban J connectivity index is 1.55. The quantitative estimate of drug-likeness (QED) is 0.421. The minimum absolute atomic E-state index is 0.397. The van der Waals surface area contributed by atoms with Crippen molar-refractivity contribution in [2.45, 2.75) is 0 Å². The van der Waals surface area contributed by atoms with Gasteiger partial charge in [-0.05, 0) is 42.5 Å². The second-order valence-corrected chi connectivity index (χ2v) is 6.86. The maximum absolute atomic E-state index is 10.9. The third-order valence-electron chi connectivity index (χ3n) is 3.93. The summed E-state index contributed by atoms with van der Waals surface area (Å²) < 4.78 is 12.6. The molecular formula is C20H15BrN4O3. The molecule has 0 aliphatic rings. The molecular weight excluding hydrogens is 424 g/mol. The molecule has 140 valence electrons. The number of anilines is 3. The maximum atomic E-state index is 10.9. The van der Waals surface area contributed by atoms with Crippen LogP contribution < -0.4 is 15.0 Å². The molecule has 0 spiro atoms. The zero-order chi connectivity index (χ0) is 19.5. The second kappa shape index (κ2) is 7.69. The van der Waals surface area contributed by atoms with Crippen molar-refractivity contribution in [2.24, 2.45) is 0 Å². The van der Waals surface area contributed by atoms with Gasteiger partial charge in [-0.25, -0.2) is 4.98 Å². The zero-order valence-corrected chi connectivity index (χ0v) is 16.4. The Morgan fingerprint density at radius 1 is 1.11 bits per heavy atom. The first kappa shape index (κ1) is 18.0. The van der Waals surface area contributed by atoms with Gasteiger partial charge in [0.15, 0.2) is 5.58 Å². The monoisotopic (exact) mass is 438 g/mol. The van der Waals surface area contributed by atoms with Crippen molar-refractivity contribution in [3.05, 3.63) is 65.3 Å². The SMILES string of the molecule is CN(C=O)c1cc(Oc2ccc3oc(Nc4ccc(Br)cc4)nc3c2)ccn1. The number of ether oxygens (including phenoxy) is 1. The zero-order valence-electron chi connectivity index (χ0n) is 14.8. The Kier molecular flexibility index (Phi) is 4.94. The van der Waals surface area contributed by atoms with E-state index in [-0.39, 0.29) is 0 Å². The van der Waals surface area contributed by atoms with E-state index in [0.717, 1.165) is 10.2 Å². The fraction of sp³-hybridized carbons (Fsp3) is 0.0500. The topological polar surface area (TPSA) is 80.5 Å². The van der Waals surface area contributed by atoms with E-state index in [4.69, 9.17) is 9.15 Å². The smallest absolute Gasteiger partial charge is 0.300 e. The highest BCUT2D eigenvalue weighted by Gasteiger charge is 2.09. The number of nitrogens with one attached hydrogen (secondary N) is 1. The summed E-state index contributed by atoms with van der Waals surface area (Å²) in [6.07, 6.45) is 2.27. The Morgan fingerprint density at radius 3 is 2.68 bits per heavy atom. The van der Waals surface area contributed by atoms with E-state index in [9.17, 15) is 4.79 Å². The lowest BCUT2D eigenvalue weighted by Crippen LogP contribution is -2.14. The second-order valence-electron chi connectivity index (χ2n) is 5.95. The average molecular weight is 439 g/mol. The van der Waals surface area contributed by atoms with E-state index >= 15 is 0 Å². The molecule has 28 heavy (non-hydrogen) atoms. The van der Waals surface area contributed by atoms with E-state index in [0.29, 0.717) is 40.8 Å². The highest BCUT2D eigenvalue weighted by Crippen LogP contribution is 2.29. The van der Waals surface area contributed by atoms with E-state index in [1.54, 1.807) is 43.6 Å². The van der Waals surface area contributed by atoms with E-state index in [1.807, 2.05) is 24.3 Å². The molecule has 0 aliphatic carbocycles. The predicted octanol–water partition coefficient (Wildman–Crippen LogP) is 5.11. The summed E-state index contributed by atoms with van der Waals surface area (Å²) in [6.45, 7) is 0. The summed E-state index contributed by atoms with van der Waals surface area (Å²) in [7, 11) is 1.63. The third kappa shape index (κ3) is 3.96. The summed E-state index contributed by atoms with van der Waals surface area (Å²) in [4.78, 5) is 20.8. The van der Waals surface area contributed by atoms with Crippen LogP contribution in [0.15, 0.2) is 69.7 Å². The highest BCUT2D eigenvalue weighted by molar-refractivity contribution is 9.10. The van der Waals surface area contributed by atoms with Gasteiger partial charge >= 0.3 is 0 Å². The van der Waals surface area contributed by atoms with Gasteiger partial charge in [0.2, 0.25) is 6.41 Å². The molecule has 1 N–H and O–H groups in total. The van der Waals surface area contributed by atoms with Gasteiger partial charge in [-0.3, -0.25) is 4.79 Å². The Hall–Kier alpha value is -3.39. The van der Waals surface area contributed by atoms with Crippen LogP contribution in [0.3, 0.4) is 0 Å². The largest absolute Gasteiger partial charge is 0.457 e. The number of carbonyl (C=O) groups is 1. The number of halogens is 1. The molecule has 0 saturated carbocycles. The van der Waals surface area contributed by atoms with Crippen LogP contribution >= 0.6 is 15.9 Å². The number of amides is 1. The molecule has 0 aliphatic heterocycles. The number of rotatable bonds is 6. The fourth-order valence-electron chi connectivity index (χ4n) is 2.53. The first-order chi connectivity index (χ1) is 13.6. The van der Waals surface area contributed by atoms with Gasteiger partial charge in [0.1, 0.15) is 22.8 Å². The van der Waals surface area contributed by atoms with Gasteiger partial charge < -0.3 is 19.4 Å². The summed E-state index contributed by atoms with van der Waals surface area (Å²) >= 11 is 3.41. The summed E-state index contributed by atoms with van der Waals surface area (Å²) in [5.74, 6) is 1.66. The van der Waals surface area contributed by atoms with Crippen molar-refractivity contribution in [2.75, 3.05) is 17.3 Å². The standard InChI is InChI=1S/C20H15BrN4O3/c1-25(12-26)19-11-16(8-9-22-19)27-15-6-7-18-17(10-15)24-20(28-18)23-14-4-2-13(21)3-5-14/h2-12H,1H3,(H,23,24). The fourth-order valence-corrected chi connectivity index (χ4v) is 2.79. The normalized spacial score (nSPS) is 10.6. The first-order valence-corrected chi connectivity index (χ1v) is 9.15. The summed E-state index contributed by atoms with van der Waals surface area (Å²) in [5.41, 5.74) is 2.18. The maximum Gasteiger partial charge on any atom is 0.300 e. The van der Waals surface area contributed by atoms with Crippen molar-refractivity contribution >= 4 is 51.0 Å².